The van der Waals surface area contributed by atoms with Crippen LogP contribution >= 0.6 is 0 Å². The largest absolute Gasteiger partial charge is 0.463 e. The number of esters is 1. The zero-order valence-corrected chi connectivity index (χ0v) is 13.9. The van der Waals surface area contributed by atoms with E-state index in [1.807, 2.05) is 45.0 Å². The third-order valence-corrected chi connectivity index (χ3v) is 3.92. The van der Waals surface area contributed by atoms with Gasteiger partial charge in [-0.05, 0) is 44.5 Å². The van der Waals surface area contributed by atoms with E-state index in [1.165, 1.54) is 0 Å². The molecule has 0 N–H and O–H groups in total. The van der Waals surface area contributed by atoms with E-state index in [4.69, 9.17) is 4.74 Å². The number of rotatable bonds is 7. The summed E-state index contributed by atoms with van der Waals surface area (Å²) in [6.45, 7) is 6.66. The molecule has 2 aromatic heterocycles. The third kappa shape index (κ3) is 4.52. The topological polar surface area (TPSA) is 55.3 Å². The number of carbonyl (C=O) groups excluding carboxylic acids is 1. The summed E-state index contributed by atoms with van der Waals surface area (Å²) in [7, 11) is 0. The first kappa shape index (κ1) is 16.9. The Morgan fingerprint density at radius 3 is 2.48 bits per heavy atom. The SMILES string of the molecule is CCC(C)(C)C(=O)OCCN(c1ccncc1)c1cccnc1. The maximum absolute atomic E-state index is 12.1. The van der Waals surface area contributed by atoms with Crippen LogP contribution in [-0.4, -0.2) is 29.1 Å². The molecule has 0 radical (unpaired) electrons. The molecular weight excluding hydrogens is 290 g/mol. The molecule has 0 atom stereocenters. The van der Waals surface area contributed by atoms with Crippen LogP contribution in [0.3, 0.4) is 0 Å². The summed E-state index contributed by atoms with van der Waals surface area (Å²) < 4.78 is 5.45. The quantitative estimate of drug-likeness (QED) is 0.731. The van der Waals surface area contributed by atoms with Gasteiger partial charge in [-0.1, -0.05) is 6.92 Å². The summed E-state index contributed by atoms with van der Waals surface area (Å²) >= 11 is 0. The fourth-order valence-electron chi connectivity index (χ4n) is 2.01. The highest BCUT2D eigenvalue weighted by atomic mass is 16.5. The Labute approximate surface area is 137 Å². The second-order valence-corrected chi connectivity index (χ2v) is 5.94. The summed E-state index contributed by atoms with van der Waals surface area (Å²) in [4.78, 5) is 22.4. The lowest BCUT2D eigenvalue weighted by atomic mass is 9.91. The van der Waals surface area contributed by atoms with Crippen molar-refractivity contribution in [1.82, 2.24) is 9.97 Å². The van der Waals surface area contributed by atoms with Crippen molar-refractivity contribution in [3.63, 3.8) is 0 Å². The number of pyridine rings is 2. The van der Waals surface area contributed by atoms with Crippen molar-refractivity contribution in [1.29, 1.82) is 0 Å². The standard InChI is InChI=1S/C18H23N3O2/c1-4-18(2,3)17(22)23-13-12-21(15-7-10-19-11-8-15)16-6-5-9-20-14-16/h5-11,14H,4,12-13H2,1-3H3. The second kappa shape index (κ2) is 7.72. The Kier molecular flexibility index (Phi) is 5.68. The minimum absolute atomic E-state index is 0.166. The average molecular weight is 313 g/mol. The number of carbonyl (C=O) groups is 1. The zero-order chi connectivity index (χ0) is 16.7. The van der Waals surface area contributed by atoms with Gasteiger partial charge in [-0.15, -0.1) is 0 Å². The van der Waals surface area contributed by atoms with E-state index in [-0.39, 0.29) is 5.97 Å². The maximum Gasteiger partial charge on any atom is 0.311 e. The first-order chi connectivity index (χ1) is 11.0. The predicted octanol–water partition coefficient (Wildman–Crippen LogP) is 3.59. The Hall–Kier alpha value is -2.43. The Morgan fingerprint density at radius 1 is 1.13 bits per heavy atom. The Bertz CT molecular complexity index is 575. The van der Waals surface area contributed by atoms with E-state index in [0.29, 0.717) is 13.2 Å². The number of ether oxygens (including phenoxy) is 1. The van der Waals surface area contributed by atoms with Crippen LogP contribution in [0.15, 0.2) is 49.1 Å². The van der Waals surface area contributed by atoms with Gasteiger partial charge in [0.15, 0.2) is 0 Å². The van der Waals surface area contributed by atoms with Crippen LogP contribution in [0.25, 0.3) is 0 Å². The molecule has 2 rings (SSSR count). The lowest BCUT2D eigenvalue weighted by molar-refractivity contribution is -0.153. The van der Waals surface area contributed by atoms with Crippen LogP contribution in [0.1, 0.15) is 27.2 Å². The van der Waals surface area contributed by atoms with E-state index in [9.17, 15) is 4.79 Å². The smallest absolute Gasteiger partial charge is 0.311 e. The minimum atomic E-state index is -0.449. The van der Waals surface area contributed by atoms with Crippen molar-refractivity contribution in [3.8, 4) is 0 Å². The van der Waals surface area contributed by atoms with Gasteiger partial charge in [-0.2, -0.15) is 0 Å². The van der Waals surface area contributed by atoms with Gasteiger partial charge < -0.3 is 9.64 Å². The van der Waals surface area contributed by atoms with Gasteiger partial charge in [-0.25, -0.2) is 0 Å². The molecule has 2 heterocycles. The highest BCUT2D eigenvalue weighted by Crippen LogP contribution is 2.24. The highest BCUT2D eigenvalue weighted by Gasteiger charge is 2.27. The van der Waals surface area contributed by atoms with E-state index < -0.39 is 5.41 Å². The van der Waals surface area contributed by atoms with Crippen molar-refractivity contribution in [2.45, 2.75) is 27.2 Å². The molecule has 0 aliphatic rings. The highest BCUT2D eigenvalue weighted by molar-refractivity contribution is 5.75. The molecule has 122 valence electrons. The summed E-state index contributed by atoms with van der Waals surface area (Å²) in [5, 5.41) is 0. The summed E-state index contributed by atoms with van der Waals surface area (Å²) in [5.74, 6) is -0.166. The third-order valence-electron chi connectivity index (χ3n) is 3.92. The van der Waals surface area contributed by atoms with E-state index in [2.05, 4.69) is 14.9 Å². The van der Waals surface area contributed by atoms with E-state index in [0.717, 1.165) is 17.8 Å². The molecule has 0 saturated carbocycles. The van der Waals surface area contributed by atoms with Crippen molar-refractivity contribution < 1.29 is 9.53 Å². The molecule has 0 fully saturated rings. The van der Waals surface area contributed by atoms with Crippen LogP contribution < -0.4 is 4.90 Å². The summed E-state index contributed by atoms with van der Waals surface area (Å²) in [5.41, 5.74) is 1.49. The molecule has 2 aromatic rings. The van der Waals surface area contributed by atoms with Gasteiger partial charge in [0.25, 0.3) is 0 Å². The summed E-state index contributed by atoms with van der Waals surface area (Å²) in [6.07, 6.45) is 7.76. The first-order valence-corrected chi connectivity index (χ1v) is 7.79. The van der Waals surface area contributed by atoms with Gasteiger partial charge >= 0.3 is 5.97 Å². The lowest BCUT2D eigenvalue weighted by Crippen LogP contribution is -2.30. The second-order valence-electron chi connectivity index (χ2n) is 5.94. The van der Waals surface area contributed by atoms with Gasteiger partial charge in [0.1, 0.15) is 6.61 Å². The van der Waals surface area contributed by atoms with E-state index >= 15 is 0 Å². The van der Waals surface area contributed by atoms with Crippen molar-refractivity contribution in [2.24, 2.45) is 5.41 Å². The Morgan fingerprint density at radius 2 is 1.87 bits per heavy atom. The van der Waals surface area contributed by atoms with Gasteiger partial charge in [0.2, 0.25) is 0 Å². The molecule has 23 heavy (non-hydrogen) atoms. The molecule has 0 aromatic carbocycles. The van der Waals surface area contributed by atoms with Crippen LogP contribution in [0.4, 0.5) is 11.4 Å². The Balaban J connectivity index is 2.07. The van der Waals surface area contributed by atoms with Gasteiger partial charge in [0.05, 0.1) is 23.8 Å². The molecule has 0 aliphatic carbocycles. The molecule has 0 aliphatic heterocycles. The van der Waals surface area contributed by atoms with Crippen molar-refractivity contribution in [2.75, 3.05) is 18.1 Å². The molecular formula is C18H23N3O2. The van der Waals surface area contributed by atoms with Gasteiger partial charge in [0, 0.05) is 24.3 Å². The number of aromatic nitrogens is 2. The molecule has 0 bridgehead atoms. The normalized spacial score (nSPS) is 11.1. The molecule has 0 spiro atoms. The monoisotopic (exact) mass is 313 g/mol. The molecule has 0 unspecified atom stereocenters. The van der Waals surface area contributed by atoms with Crippen LogP contribution in [-0.2, 0) is 9.53 Å². The fraction of sp³-hybridized carbons (Fsp3) is 0.389. The number of anilines is 2. The average Bonchev–Trinajstić information content (AvgIpc) is 2.60. The van der Waals surface area contributed by atoms with Crippen LogP contribution in [0.5, 0.6) is 0 Å². The first-order valence-electron chi connectivity index (χ1n) is 7.79. The van der Waals surface area contributed by atoms with Gasteiger partial charge in [-0.3, -0.25) is 14.8 Å². The number of nitrogens with zero attached hydrogens (tertiary/aromatic N) is 3. The fourth-order valence-corrected chi connectivity index (χ4v) is 2.01. The van der Waals surface area contributed by atoms with Crippen molar-refractivity contribution >= 4 is 17.3 Å². The lowest BCUT2D eigenvalue weighted by Gasteiger charge is -2.26. The van der Waals surface area contributed by atoms with Crippen LogP contribution in [0.2, 0.25) is 0 Å². The molecule has 0 saturated heterocycles. The minimum Gasteiger partial charge on any atom is -0.463 e. The van der Waals surface area contributed by atoms with Crippen LogP contribution in [0, 0.1) is 5.41 Å². The van der Waals surface area contributed by atoms with E-state index in [1.54, 1.807) is 24.8 Å². The number of hydrogen-bond acceptors (Lipinski definition) is 5. The molecule has 0 amide bonds. The predicted molar refractivity (Wildman–Crippen MR) is 90.5 cm³/mol. The zero-order valence-electron chi connectivity index (χ0n) is 13.9. The molecule has 5 nitrogen and oxygen atoms in total. The van der Waals surface area contributed by atoms with Crippen molar-refractivity contribution in [3.05, 3.63) is 49.1 Å². The maximum atomic E-state index is 12.1. The number of hydrogen-bond donors (Lipinski definition) is 0. The molecule has 5 heteroatoms. The summed E-state index contributed by atoms with van der Waals surface area (Å²) in [6, 6.07) is 7.70.